The van der Waals surface area contributed by atoms with Crippen LogP contribution in [0.25, 0.3) is 10.6 Å². The minimum absolute atomic E-state index is 0.00859. The Labute approximate surface area is 158 Å². The van der Waals surface area contributed by atoms with Crippen molar-refractivity contribution in [3.8, 4) is 16.6 Å². The summed E-state index contributed by atoms with van der Waals surface area (Å²) < 4.78 is 13.0. The second kappa shape index (κ2) is 8.21. The maximum Gasteiger partial charge on any atom is 0.269 e. The Morgan fingerprint density at radius 1 is 1.07 bits per heavy atom. The van der Waals surface area contributed by atoms with E-state index in [1.807, 2.05) is 6.07 Å². The molecule has 3 aromatic rings. The molecule has 2 N–H and O–H groups in total. The zero-order valence-corrected chi connectivity index (χ0v) is 14.7. The van der Waals surface area contributed by atoms with Gasteiger partial charge in [0.05, 0.1) is 23.7 Å². The number of amides is 2. The van der Waals surface area contributed by atoms with Crippen molar-refractivity contribution in [1.82, 2.24) is 15.8 Å². The fraction of sp³-hybridized carbons (Fsp3) is 0.0526. The maximum atomic E-state index is 13.0. The van der Waals surface area contributed by atoms with Gasteiger partial charge in [0.15, 0.2) is 0 Å². The van der Waals surface area contributed by atoms with Crippen LogP contribution in [0, 0.1) is 17.1 Å². The molecule has 3 rings (SSSR count). The van der Waals surface area contributed by atoms with E-state index in [2.05, 4.69) is 15.8 Å². The van der Waals surface area contributed by atoms with Gasteiger partial charge < -0.3 is 0 Å². The molecule has 0 aliphatic rings. The number of rotatable bonds is 4. The predicted octanol–water partition coefficient (Wildman–Crippen LogP) is 2.82. The number of nitrogens with zero attached hydrogens (tertiary/aromatic N) is 2. The van der Waals surface area contributed by atoms with E-state index in [9.17, 15) is 14.0 Å². The van der Waals surface area contributed by atoms with Gasteiger partial charge in [-0.25, -0.2) is 9.37 Å². The van der Waals surface area contributed by atoms with Crippen molar-refractivity contribution in [3.63, 3.8) is 0 Å². The average Bonchev–Trinajstić information content (AvgIpc) is 3.15. The highest BCUT2D eigenvalue weighted by molar-refractivity contribution is 7.13. The second-order valence-corrected chi connectivity index (χ2v) is 6.38. The van der Waals surface area contributed by atoms with Gasteiger partial charge in [0.2, 0.25) is 5.91 Å². The van der Waals surface area contributed by atoms with Gasteiger partial charge in [-0.1, -0.05) is 0 Å². The number of thiazole rings is 1. The predicted molar refractivity (Wildman–Crippen MR) is 98.0 cm³/mol. The van der Waals surface area contributed by atoms with Crippen LogP contribution in [0.5, 0.6) is 0 Å². The summed E-state index contributed by atoms with van der Waals surface area (Å²) in [5.41, 5.74) is 6.71. The molecule has 2 amide bonds. The number of hydrogen-bond acceptors (Lipinski definition) is 5. The fourth-order valence-corrected chi connectivity index (χ4v) is 3.04. The van der Waals surface area contributed by atoms with E-state index < -0.39 is 11.8 Å². The maximum absolute atomic E-state index is 13.0. The third kappa shape index (κ3) is 4.74. The van der Waals surface area contributed by atoms with Crippen LogP contribution in [0.15, 0.2) is 53.9 Å². The Morgan fingerprint density at radius 2 is 1.78 bits per heavy atom. The summed E-state index contributed by atoms with van der Waals surface area (Å²) >= 11 is 1.35. The van der Waals surface area contributed by atoms with Crippen LogP contribution in [0.3, 0.4) is 0 Å². The smallest absolute Gasteiger partial charge is 0.269 e. The second-order valence-electron chi connectivity index (χ2n) is 5.52. The van der Waals surface area contributed by atoms with Crippen LogP contribution in [0.1, 0.15) is 21.6 Å². The normalized spacial score (nSPS) is 10.1. The Hall–Kier alpha value is -3.57. The van der Waals surface area contributed by atoms with Gasteiger partial charge in [-0.15, -0.1) is 11.3 Å². The molecule has 0 aliphatic heterocycles. The molecule has 0 saturated heterocycles. The SMILES string of the molecule is N#Cc1ccc(C(=O)NNC(=O)Cc2csc(-c3ccc(F)cc3)n2)cc1. The van der Waals surface area contributed by atoms with Gasteiger partial charge in [-0.3, -0.25) is 20.4 Å². The molecule has 1 aromatic heterocycles. The number of halogens is 1. The van der Waals surface area contributed by atoms with Crippen molar-refractivity contribution in [2.75, 3.05) is 0 Å². The summed E-state index contributed by atoms with van der Waals surface area (Å²) in [6.45, 7) is 0. The number of carbonyl (C=O) groups excluding carboxylic acids is 2. The van der Waals surface area contributed by atoms with Crippen LogP contribution >= 0.6 is 11.3 Å². The van der Waals surface area contributed by atoms with Crippen molar-refractivity contribution >= 4 is 23.2 Å². The molecule has 0 unspecified atom stereocenters. The van der Waals surface area contributed by atoms with Gasteiger partial charge >= 0.3 is 0 Å². The number of nitrogens with one attached hydrogen (secondary N) is 2. The molecular weight excluding hydrogens is 367 g/mol. The average molecular weight is 380 g/mol. The van der Waals surface area contributed by atoms with Gasteiger partial charge in [0.25, 0.3) is 5.91 Å². The zero-order chi connectivity index (χ0) is 19.2. The van der Waals surface area contributed by atoms with E-state index in [-0.39, 0.29) is 12.2 Å². The first-order valence-electron chi connectivity index (χ1n) is 7.85. The number of nitriles is 1. The summed E-state index contributed by atoms with van der Waals surface area (Å²) in [5.74, 6) is -1.24. The van der Waals surface area contributed by atoms with E-state index >= 15 is 0 Å². The highest BCUT2D eigenvalue weighted by Crippen LogP contribution is 2.24. The summed E-state index contributed by atoms with van der Waals surface area (Å²) in [6, 6.07) is 13.9. The lowest BCUT2D eigenvalue weighted by Crippen LogP contribution is -2.42. The standard InChI is InChI=1S/C19H13FN4O2S/c20-15-7-5-14(6-8-15)19-22-16(11-27-19)9-17(25)23-24-18(26)13-3-1-12(10-21)2-4-13/h1-8,11H,9H2,(H,23,25)(H,24,26). The van der Waals surface area contributed by atoms with Crippen molar-refractivity contribution < 1.29 is 14.0 Å². The third-order valence-electron chi connectivity index (χ3n) is 3.58. The molecule has 1 heterocycles. The van der Waals surface area contributed by atoms with Crippen molar-refractivity contribution in [2.24, 2.45) is 0 Å². The molecule has 0 saturated carbocycles. The molecule has 0 spiro atoms. The van der Waals surface area contributed by atoms with E-state index in [0.717, 1.165) is 5.56 Å². The Balaban J connectivity index is 1.54. The van der Waals surface area contributed by atoms with Crippen LogP contribution in [-0.4, -0.2) is 16.8 Å². The molecule has 0 bridgehead atoms. The summed E-state index contributed by atoms with van der Waals surface area (Å²) in [4.78, 5) is 28.3. The molecule has 134 valence electrons. The van der Waals surface area contributed by atoms with E-state index in [4.69, 9.17) is 5.26 Å². The number of hydrazine groups is 1. The minimum Gasteiger partial charge on any atom is -0.273 e. The van der Waals surface area contributed by atoms with Gasteiger partial charge in [0.1, 0.15) is 10.8 Å². The highest BCUT2D eigenvalue weighted by Gasteiger charge is 2.11. The molecule has 0 aliphatic carbocycles. The van der Waals surface area contributed by atoms with E-state index in [1.54, 1.807) is 17.5 Å². The molecule has 0 radical (unpaired) electrons. The molecule has 27 heavy (non-hydrogen) atoms. The molecule has 6 nitrogen and oxygen atoms in total. The number of carbonyl (C=O) groups is 2. The number of aromatic nitrogens is 1. The lowest BCUT2D eigenvalue weighted by atomic mass is 10.1. The molecule has 0 fully saturated rings. The van der Waals surface area contributed by atoms with Crippen LogP contribution in [-0.2, 0) is 11.2 Å². The van der Waals surface area contributed by atoms with Gasteiger partial charge in [0, 0.05) is 16.5 Å². The largest absolute Gasteiger partial charge is 0.273 e. The monoisotopic (exact) mass is 380 g/mol. The van der Waals surface area contributed by atoms with Crippen LogP contribution < -0.4 is 10.9 Å². The number of benzene rings is 2. The first-order chi connectivity index (χ1) is 13.0. The molecular formula is C19H13FN4O2S. The lowest BCUT2D eigenvalue weighted by Gasteiger charge is -2.06. The summed E-state index contributed by atoms with van der Waals surface area (Å²) in [7, 11) is 0. The quantitative estimate of drug-likeness (QED) is 0.681. The van der Waals surface area contributed by atoms with Crippen molar-refractivity contribution in [2.45, 2.75) is 6.42 Å². The fourth-order valence-electron chi connectivity index (χ4n) is 2.22. The molecule has 0 atom stereocenters. The van der Waals surface area contributed by atoms with E-state index in [1.165, 1.54) is 47.7 Å². The molecule has 2 aromatic carbocycles. The summed E-state index contributed by atoms with van der Waals surface area (Å²) in [5, 5.41) is 11.2. The molecule has 8 heteroatoms. The van der Waals surface area contributed by atoms with Gasteiger partial charge in [-0.05, 0) is 48.5 Å². The third-order valence-corrected chi connectivity index (χ3v) is 4.52. The zero-order valence-electron chi connectivity index (χ0n) is 13.9. The van der Waals surface area contributed by atoms with Crippen LogP contribution in [0.4, 0.5) is 4.39 Å². The number of hydrogen-bond donors (Lipinski definition) is 2. The summed E-state index contributed by atoms with van der Waals surface area (Å²) in [6.07, 6.45) is -0.00859. The van der Waals surface area contributed by atoms with Crippen molar-refractivity contribution in [1.29, 1.82) is 5.26 Å². The van der Waals surface area contributed by atoms with Crippen molar-refractivity contribution in [3.05, 3.63) is 76.5 Å². The Bertz CT molecular complexity index is 1010. The van der Waals surface area contributed by atoms with Crippen LogP contribution in [0.2, 0.25) is 0 Å². The first kappa shape index (κ1) is 18.2. The van der Waals surface area contributed by atoms with E-state index in [0.29, 0.717) is 21.8 Å². The van der Waals surface area contributed by atoms with Gasteiger partial charge in [-0.2, -0.15) is 5.26 Å². The minimum atomic E-state index is -0.488. The Morgan fingerprint density at radius 3 is 2.44 bits per heavy atom. The highest BCUT2D eigenvalue weighted by atomic mass is 32.1. The first-order valence-corrected chi connectivity index (χ1v) is 8.73. The topological polar surface area (TPSA) is 94.9 Å². The lowest BCUT2D eigenvalue weighted by molar-refractivity contribution is -0.121. The Kier molecular flexibility index (Phi) is 5.54.